The van der Waals surface area contributed by atoms with Crippen LogP contribution in [0.1, 0.15) is 17.7 Å². The number of aromatic nitrogens is 1. The maximum absolute atomic E-state index is 12.5. The molecule has 0 saturated carbocycles. The largest absolute Gasteiger partial charge is 0.486 e. The number of likely N-dealkylation sites (N-methyl/N-ethyl adjacent to an activating group) is 1. The molecule has 1 fully saturated rings. The molecule has 7 nitrogen and oxygen atoms in total. The first kappa shape index (κ1) is 19.8. The number of rotatable bonds is 7. The maximum atomic E-state index is 12.5. The Labute approximate surface area is 164 Å². The van der Waals surface area contributed by atoms with Crippen LogP contribution >= 0.6 is 0 Å². The van der Waals surface area contributed by atoms with E-state index in [2.05, 4.69) is 16.4 Å². The average molecular weight is 380 g/mol. The Balaban J connectivity index is 1.53. The van der Waals surface area contributed by atoms with E-state index < -0.39 is 0 Å². The highest BCUT2D eigenvalue weighted by Gasteiger charge is 2.29. The van der Waals surface area contributed by atoms with Crippen LogP contribution in [0, 0.1) is 11.3 Å². The average Bonchev–Trinajstić information content (AvgIpc) is 2.70. The molecule has 3 rings (SSSR count). The fraction of sp³-hybridized carbons (Fsp3) is 0.381. The van der Waals surface area contributed by atoms with Crippen molar-refractivity contribution in [1.29, 1.82) is 5.26 Å². The van der Waals surface area contributed by atoms with Gasteiger partial charge in [-0.15, -0.1) is 0 Å². The molecule has 1 aromatic heterocycles. The van der Waals surface area contributed by atoms with Crippen molar-refractivity contribution >= 4 is 5.91 Å². The van der Waals surface area contributed by atoms with Crippen molar-refractivity contribution in [3.05, 3.63) is 59.9 Å². The molecule has 0 radical (unpaired) electrons. The molecule has 1 aliphatic heterocycles. The van der Waals surface area contributed by atoms with E-state index in [1.165, 1.54) is 0 Å². The van der Waals surface area contributed by atoms with Gasteiger partial charge >= 0.3 is 0 Å². The molecular formula is C21H24N4O3. The molecule has 1 saturated heterocycles. The summed E-state index contributed by atoms with van der Waals surface area (Å²) in [5.74, 6) is 0.597. The van der Waals surface area contributed by atoms with Gasteiger partial charge in [0, 0.05) is 19.3 Å². The summed E-state index contributed by atoms with van der Waals surface area (Å²) in [5.41, 5.74) is 1.50. The van der Waals surface area contributed by atoms with Crippen molar-refractivity contribution in [3.8, 4) is 11.8 Å². The van der Waals surface area contributed by atoms with Crippen LogP contribution in [0.3, 0.4) is 0 Å². The van der Waals surface area contributed by atoms with Gasteiger partial charge in [-0.05, 0) is 49.9 Å². The van der Waals surface area contributed by atoms with Crippen LogP contribution in [0.15, 0.2) is 48.7 Å². The molecule has 146 valence electrons. The smallest absolute Gasteiger partial charge is 0.234 e. The van der Waals surface area contributed by atoms with Crippen molar-refractivity contribution < 1.29 is 14.3 Å². The lowest BCUT2D eigenvalue weighted by Crippen LogP contribution is -2.53. The summed E-state index contributed by atoms with van der Waals surface area (Å²) in [6.45, 7) is 1.88. The topological polar surface area (TPSA) is 87.5 Å². The number of nitrogens with zero attached hydrogens (tertiary/aromatic N) is 3. The first-order valence-electron chi connectivity index (χ1n) is 9.26. The lowest BCUT2D eigenvalue weighted by Gasteiger charge is -2.32. The molecule has 0 spiro atoms. The van der Waals surface area contributed by atoms with Gasteiger partial charge in [0.1, 0.15) is 11.9 Å². The maximum Gasteiger partial charge on any atom is 0.234 e. The molecular weight excluding hydrogens is 356 g/mol. The second-order valence-corrected chi connectivity index (χ2v) is 6.82. The molecule has 1 amide bonds. The third-order valence-corrected chi connectivity index (χ3v) is 4.49. The van der Waals surface area contributed by atoms with Crippen molar-refractivity contribution in [2.45, 2.75) is 25.1 Å². The van der Waals surface area contributed by atoms with Crippen LogP contribution in [-0.4, -0.2) is 54.7 Å². The Bertz CT molecular complexity index is 805. The molecule has 2 atom stereocenters. The van der Waals surface area contributed by atoms with Crippen molar-refractivity contribution in [1.82, 2.24) is 15.2 Å². The summed E-state index contributed by atoms with van der Waals surface area (Å²) in [6.07, 6.45) is 2.17. The summed E-state index contributed by atoms with van der Waals surface area (Å²) in [7, 11) is 1.89. The zero-order chi connectivity index (χ0) is 19.8. The van der Waals surface area contributed by atoms with E-state index in [1.807, 2.05) is 30.1 Å². The molecule has 7 heteroatoms. The Kier molecular flexibility index (Phi) is 6.95. The molecule has 0 unspecified atom stereocenters. The Morgan fingerprint density at radius 3 is 2.89 bits per heavy atom. The molecule has 2 aromatic rings. The second-order valence-electron chi connectivity index (χ2n) is 6.82. The number of pyridine rings is 1. The molecule has 0 bridgehead atoms. The monoisotopic (exact) mass is 380 g/mol. The van der Waals surface area contributed by atoms with E-state index in [0.717, 1.165) is 5.69 Å². The van der Waals surface area contributed by atoms with Crippen LogP contribution in [0.25, 0.3) is 0 Å². The van der Waals surface area contributed by atoms with Crippen LogP contribution in [0.4, 0.5) is 0 Å². The highest BCUT2D eigenvalue weighted by Crippen LogP contribution is 2.18. The highest BCUT2D eigenvalue weighted by atomic mass is 16.5. The van der Waals surface area contributed by atoms with Crippen LogP contribution in [0.5, 0.6) is 5.75 Å². The molecule has 0 aliphatic carbocycles. The van der Waals surface area contributed by atoms with Crippen LogP contribution < -0.4 is 10.1 Å². The van der Waals surface area contributed by atoms with Gasteiger partial charge in [0.05, 0.1) is 36.5 Å². The summed E-state index contributed by atoms with van der Waals surface area (Å²) >= 11 is 0. The SMILES string of the molecule is CN(CC(=O)N[C@@H]1CCOC[C@H]1Oc1ccc(C#N)cc1)Cc1ccccn1. The van der Waals surface area contributed by atoms with Gasteiger partial charge in [0.2, 0.25) is 5.91 Å². The van der Waals surface area contributed by atoms with E-state index in [4.69, 9.17) is 14.7 Å². The van der Waals surface area contributed by atoms with E-state index in [-0.39, 0.29) is 24.6 Å². The normalized spacial score (nSPS) is 19.0. The van der Waals surface area contributed by atoms with Crippen molar-refractivity contribution in [3.63, 3.8) is 0 Å². The van der Waals surface area contributed by atoms with Gasteiger partial charge in [-0.3, -0.25) is 14.7 Å². The van der Waals surface area contributed by atoms with E-state index in [0.29, 0.717) is 37.5 Å². The fourth-order valence-corrected chi connectivity index (χ4v) is 3.10. The highest BCUT2D eigenvalue weighted by molar-refractivity contribution is 5.78. The van der Waals surface area contributed by atoms with Gasteiger partial charge in [0.25, 0.3) is 0 Å². The zero-order valence-electron chi connectivity index (χ0n) is 15.9. The van der Waals surface area contributed by atoms with Gasteiger partial charge in [-0.2, -0.15) is 5.26 Å². The predicted octanol–water partition coefficient (Wildman–Crippen LogP) is 1.74. The van der Waals surface area contributed by atoms with Gasteiger partial charge in [-0.25, -0.2) is 0 Å². The van der Waals surface area contributed by atoms with Crippen molar-refractivity contribution in [2.75, 3.05) is 26.8 Å². The minimum absolute atomic E-state index is 0.0567. The number of ether oxygens (including phenoxy) is 2. The third kappa shape index (κ3) is 5.78. The summed E-state index contributed by atoms with van der Waals surface area (Å²) < 4.78 is 11.5. The van der Waals surface area contributed by atoms with Crippen LogP contribution in [0.2, 0.25) is 0 Å². The van der Waals surface area contributed by atoms with Gasteiger partial charge in [0.15, 0.2) is 0 Å². The first-order valence-corrected chi connectivity index (χ1v) is 9.26. The van der Waals surface area contributed by atoms with Crippen molar-refractivity contribution in [2.24, 2.45) is 0 Å². The summed E-state index contributed by atoms with van der Waals surface area (Å²) in [4.78, 5) is 18.7. The standard InChI is InChI=1S/C21H24N4O3/c1-25(13-17-4-2-3-10-23-17)14-21(26)24-19-9-11-27-15-20(19)28-18-7-5-16(12-22)6-8-18/h2-8,10,19-20H,9,11,13-15H2,1H3,(H,24,26)/t19-,20-/m1/s1. The lowest BCUT2D eigenvalue weighted by molar-refractivity contribution is -0.124. The van der Waals surface area contributed by atoms with Crippen LogP contribution in [-0.2, 0) is 16.1 Å². The number of nitriles is 1. The molecule has 1 aromatic carbocycles. The Morgan fingerprint density at radius 1 is 1.36 bits per heavy atom. The summed E-state index contributed by atoms with van der Waals surface area (Å²) in [6, 6.07) is 14.6. The number of carbonyl (C=O) groups excluding carboxylic acids is 1. The lowest BCUT2D eigenvalue weighted by atomic mass is 10.1. The Morgan fingerprint density at radius 2 is 2.18 bits per heavy atom. The quantitative estimate of drug-likeness (QED) is 0.787. The molecule has 2 heterocycles. The minimum Gasteiger partial charge on any atom is -0.486 e. The van der Waals surface area contributed by atoms with E-state index in [9.17, 15) is 4.79 Å². The summed E-state index contributed by atoms with van der Waals surface area (Å²) in [5, 5.41) is 12.0. The zero-order valence-corrected chi connectivity index (χ0v) is 15.9. The number of benzene rings is 1. The van der Waals surface area contributed by atoms with E-state index >= 15 is 0 Å². The van der Waals surface area contributed by atoms with Gasteiger partial charge in [-0.1, -0.05) is 6.07 Å². The number of amides is 1. The number of hydrogen-bond donors (Lipinski definition) is 1. The second kappa shape index (κ2) is 9.83. The molecule has 1 N–H and O–H groups in total. The van der Waals surface area contributed by atoms with Gasteiger partial charge < -0.3 is 14.8 Å². The number of carbonyl (C=O) groups is 1. The fourth-order valence-electron chi connectivity index (χ4n) is 3.10. The predicted molar refractivity (Wildman–Crippen MR) is 104 cm³/mol. The third-order valence-electron chi connectivity index (χ3n) is 4.49. The molecule has 28 heavy (non-hydrogen) atoms. The molecule has 1 aliphatic rings. The number of hydrogen-bond acceptors (Lipinski definition) is 6. The number of nitrogens with one attached hydrogen (secondary N) is 1. The Hall–Kier alpha value is -2.95. The minimum atomic E-state index is -0.272. The van der Waals surface area contributed by atoms with E-state index in [1.54, 1.807) is 30.5 Å². The first-order chi connectivity index (χ1) is 13.6.